The number of hydrogen-bond acceptors (Lipinski definition) is 2. The van der Waals surface area contributed by atoms with Crippen molar-refractivity contribution in [2.24, 2.45) is 0 Å². The smallest absolute Gasteiger partial charge is 0.328 e. The molecule has 174 valence electrons. The minimum atomic E-state index is 0.0779. The number of fused-ring (bicyclic) bond motifs is 2. The van der Waals surface area contributed by atoms with Crippen LogP contribution in [0.15, 0.2) is 109 Å². The molecule has 0 bridgehead atoms. The number of hydrogen-bond donors (Lipinski definition) is 0. The topological polar surface area (TPSA) is 16.1 Å². The first-order valence-electron chi connectivity index (χ1n) is 12.6. The Morgan fingerprint density at radius 3 is 2.14 bits per heavy atom. The molecule has 0 aliphatic carbocycles. The summed E-state index contributed by atoms with van der Waals surface area (Å²) in [5, 5.41) is 0. The van der Waals surface area contributed by atoms with Crippen LogP contribution in [0.3, 0.4) is 0 Å². The zero-order chi connectivity index (χ0) is 24.8. The normalized spacial score (nSPS) is 14.2. The van der Waals surface area contributed by atoms with Gasteiger partial charge in [-0.3, -0.25) is 4.98 Å². The summed E-state index contributed by atoms with van der Waals surface area (Å²) in [6.07, 6.45) is 10.7. The monoisotopic (exact) mass is 464 g/mol. The highest BCUT2D eigenvalue weighted by atomic mass is 15.1. The van der Waals surface area contributed by atoms with Crippen LogP contribution in [0.4, 0.5) is 0 Å². The van der Waals surface area contributed by atoms with Gasteiger partial charge >= 0.3 is 6.85 Å². The fourth-order valence-corrected chi connectivity index (χ4v) is 5.92. The van der Waals surface area contributed by atoms with Gasteiger partial charge < -0.3 is 4.81 Å². The average molecular weight is 464 g/mol. The summed E-state index contributed by atoms with van der Waals surface area (Å²) in [6, 6.07) is 26.3. The van der Waals surface area contributed by atoms with Crippen molar-refractivity contribution in [2.75, 3.05) is 0 Å². The molecule has 1 aromatic heterocycles. The fourth-order valence-electron chi connectivity index (χ4n) is 5.92. The zero-order valence-corrected chi connectivity index (χ0v) is 21.3. The van der Waals surface area contributed by atoms with Crippen LogP contribution in [-0.4, -0.2) is 16.6 Å². The molecule has 2 nitrogen and oxygen atoms in total. The first-order chi connectivity index (χ1) is 17.5. The van der Waals surface area contributed by atoms with Gasteiger partial charge in [0, 0.05) is 17.5 Å². The second-order valence-corrected chi connectivity index (χ2v) is 9.86. The van der Waals surface area contributed by atoms with Gasteiger partial charge in [0.05, 0.1) is 5.69 Å². The van der Waals surface area contributed by atoms with E-state index in [9.17, 15) is 0 Å². The number of rotatable bonds is 3. The molecule has 3 heterocycles. The molecule has 6 rings (SSSR count). The van der Waals surface area contributed by atoms with E-state index in [1.54, 1.807) is 0 Å². The van der Waals surface area contributed by atoms with Crippen molar-refractivity contribution < 1.29 is 0 Å². The van der Waals surface area contributed by atoms with Gasteiger partial charge in [-0.05, 0) is 96.9 Å². The SMILES string of the molecule is Cc1cccc(C)c1B1c2cc(-c3ccccn3)ccc2C(c2c(C)cccc2C)=C2C=CC=CN12. The van der Waals surface area contributed by atoms with E-state index in [0.29, 0.717) is 0 Å². The summed E-state index contributed by atoms with van der Waals surface area (Å²) >= 11 is 0. The predicted octanol–water partition coefficient (Wildman–Crippen LogP) is 6.25. The van der Waals surface area contributed by atoms with Gasteiger partial charge in [0.25, 0.3) is 0 Å². The largest absolute Gasteiger partial charge is 0.383 e. The van der Waals surface area contributed by atoms with E-state index in [0.717, 1.165) is 11.3 Å². The van der Waals surface area contributed by atoms with Crippen molar-refractivity contribution >= 4 is 23.3 Å². The lowest BCUT2D eigenvalue weighted by Crippen LogP contribution is -2.59. The zero-order valence-electron chi connectivity index (χ0n) is 21.3. The number of pyridine rings is 1. The minimum absolute atomic E-state index is 0.0779. The molecule has 36 heavy (non-hydrogen) atoms. The third kappa shape index (κ3) is 3.55. The Balaban J connectivity index is 1.71. The van der Waals surface area contributed by atoms with Crippen molar-refractivity contribution in [3.05, 3.63) is 142 Å². The van der Waals surface area contributed by atoms with Crippen LogP contribution in [0.25, 0.3) is 16.8 Å². The molecule has 2 aliphatic rings. The van der Waals surface area contributed by atoms with Crippen molar-refractivity contribution in [3.63, 3.8) is 0 Å². The molecule has 2 aliphatic heterocycles. The number of benzene rings is 3. The molecule has 4 aromatic rings. The molecule has 0 N–H and O–H groups in total. The Morgan fingerprint density at radius 2 is 1.44 bits per heavy atom. The predicted molar refractivity (Wildman–Crippen MR) is 153 cm³/mol. The second kappa shape index (κ2) is 8.84. The van der Waals surface area contributed by atoms with E-state index in [2.05, 4.69) is 129 Å². The highest BCUT2D eigenvalue weighted by Gasteiger charge is 2.39. The molecule has 0 saturated carbocycles. The number of aromatic nitrogens is 1. The van der Waals surface area contributed by atoms with E-state index in [1.165, 1.54) is 55.6 Å². The Morgan fingerprint density at radius 1 is 0.722 bits per heavy atom. The maximum atomic E-state index is 4.67. The Hall–Kier alpha value is -4.11. The highest BCUT2D eigenvalue weighted by molar-refractivity contribution is 6.85. The lowest BCUT2D eigenvalue weighted by atomic mass is 9.44. The molecule has 3 heteroatoms. The molecule has 0 spiro atoms. The fraction of sp³-hybridized carbons (Fsp3) is 0.121. The summed E-state index contributed by atoms with van der Waals surface area (Å²) in [6.45, 7) is 9.00. The summed E-state index contributed by atoms with van der Waals surface area (Å²) in [5.41, 5.74) is 15.2. The number of allylic oxidation sites excluding steroid dienone is 3. The Bertz CT molecular complexity index is 1540. The van der Waals surface area contributed by atoms with Crippen LogP contribution in [0.5, 0.6) is 0 Å². The number of nitrogens with zero attached hydrogens (tertiary/aromatic N) is 2. The molecular weight excluding hydrogens is 435 g/mol. The summed E-state index contributed by atoms with van der Waals surface area (Å²) in [7, 11) is 0. The van der Waals surface area contributed by atoms with Gasteiger partial charge in [0.15, 0.2) is 0 Å². The van der Waals surface area contributed by atoms with Crippen molar-refractivity contribution in [1.82, 2.24) is 9.79 Å². The van der Waals surface area contributed by atoms with E-state index in [1.807, 2.05) is 12.3 Å². The van der Waals surface area contributed by atoms with E-state index >= 15 is 0 Å². The summed E-state index contributed by atoms with van der Waals surface area (Å²) < 4.78 is 0. The van der Waals surface area contributed by atoms with Crippen LogP contribution in [0, 0.1) is 27.7 Å². The minimum Gasteiger partial charge on any atom is -0.383 e. The molecule has 0 amide bonds. The highest BCUT2D eigenvalue weighted by Crippen LogP contribution is 2.38. The molecule has 0 radical (unpaired) electrons. The molecule has 3 aromatic carbocycles. The maximum absolute atomic E-state index is 4.67. The number of aryl methyl sites for hydroxylation is 4. The van der Waals surface area contributed by atoms with Gasteiger partial charge in [-0.15, -0.1) is 0 Å². The first kappa shape index (κ1) is 22.4. The van der Waals surface area contributed by atoms with Crippen molar-refractivity contribution in [3.8, 4) is 11.3 Å². The van der Waals surface area contributed by atoms with Gasteiger partial charge in [0.2, 0.25) is 0 Å². The van der Waals surface area contributed by atoms with E-state index < -0.39 is 0 Å². The van der Waals surface area contributed by atoms with Crippen LogP contribution in [-0.2, 0) is 0 Å². The molecule has 0 saturated heterocycles. The Kier molecular flexibility index (Phi) is 5.49. The quantitative estimate of drug-likeness (QED) is 0.334. The third-order valence-corrected chi connectivity index (χ3v) is 7.55. The Labute approximate surface area is 214 Å². The second-order valence-electron chi connectivity index (χ2n) is 9.86. The van der Waals surface area contributed by atoms with E-state index in [-0.39, 0.29) is 6.85 Å². The van der Waals surface area contributed by atoms with Crippen LogP contribution >= 0.6 is 0 Å². The lowest BCUT2D eigenvalue weighted by Gasteiger charge is -2.40. The van der Waals surface area contributed by atoms with Gasteiger partial charge in [-0.2, -0.15) is 0 Å². The lowest BCUT2D eigenvalue weighted by molar-refractivity contribution is 0.741. The molecular formula is C33H29BN2. The summed E-state index contributed by atoms with van der Waals surface area (Å²) in [4.78, 5) is 7.14. The van der Waals surface area contributed by atoms with Gasteiger partial charge in [-0.25, -0.2) is 0 Å². The molecule has 0 atom stereocenters. The van der Waals surface area contributed by atoms with Crippen LogP contribution in [0.2, 0.25) is 0 Å². The van der Waals surface area contributed by atoms with Crippen LogP contribution < -0.4 is 10.9 Å². The molecule has 0 fully saturated rings. The van der Waals surface area contributed by atoms with Gasteiger partial charge in [-0.1, -0.05) is 77.9 Å². The standard InChI is InChI=1S/C33H29BN2/c1-22-11-9-12-23(2)31(22)32-27-18-17-26(29-15-5-7-19-35-29)21-28(27)34(36-20-8-6-16-30(32)36)33-24(3)13-10-14-25(33)4/h5-21H,1-4H3. The van der Waals surface area contributed by atoms with Crippen LogP contribution in [0.1, 0.15) is 33.4 Å². The first-order valence-corrected chi connectivity index (χ1v) is 12.6. The summed E-state index contributed by atoms with van der Waals surface area (Å²) in [5.74, 6) is 0. The van der Waals surface area contributed by atoms with Crippen molar-refractivity contribution in [1.29, 1.82) is 0 Å². The maximum Gasteiger partial charge on any atom is 0.328 e. The third-order valence-electron chi connectivity index (χ3n) is 7.55. The van der Waals surface area contributed by atoms with Crippen molar-refractivity contribution in [2.45, 2.75) is 27.7 Å². The average Bonchev–Trinajstić information content (AvgIpc) is 2.89. The van der Waals surface area contributed by atoms with Gasteiger partial charge in [0.1, 0.15) is 0 Å². The van der Waals surface area contributed by atoms with E-state index in [4.69, 9.17) is 0 Å². The molecule has 0 unspecified atom stereocenters.